The minimum Gasteiger partial charge on any atom is -0.362 e. The molecule has 2 fully saturated rings. The molecule has 62 valence electrons. The molecule has 2 aliphatic rings. The number of ether oxygens (including phenoxy) is 1. The molecule has 1 atom stereocenters. The summed E-state index contributed by atoms with van der Waals surface area (Å²) in [6.45, 7) is 0.958. The molecule has 0 aromatic carbocycles. The quantitative estimate of drug-likeness (QED) is 0.560. The maximum atomic E-state index is 10.8. The third-order valence-electron chi connectivity index (χ3n) is 2.18. The van der Waals surface area contributed by atoms with E-state index in [0.717, 1.165) is 17.9 Å². The number of rotatable bonds is 0. The zero-order chi connectivity index (χ0) is 7.73. The van der Waals surface area contributed by atoms with Crippen LogP contribution in [0.25, 0.3) is 0 Å². The van der Waals surface area contributed by atoms with Crippen molar-refractivity contribution in [3.8, 4) is 0 Å². The van der Waals surface area contributed by atoms with Gasteiger partial charge in [-0.3, -0.25) is 4.79 Å². The minimum atomic E-state index is -0.0153. The van der Waals surface area contributed by atoms with Crippen molar-refractivity contribution in [2.24, 2.45) is 0 Å². The Morgan fingerprint density at radius 3 is 3.09 bits per heavy atom. The van der Waals surface area contributed by atoms with E-state index in [9.17, 15) is 4.79 Å². The van der Waals surface area contributed by atoms with Gasteiger partial charge in [0.2, 0.25) is 5.91 Å². The van der Waals surface area contributed by atoms with E-state index in [0.29, 0.717) is 6.54 Å². The second-order valence-corrected chi connectivity index (χ2v) is 4.16. The summed E-state index contributed by atoms with van der Waals surface area (Å²) in [5.41, 5.74) is -0.0153. The highest BCUT2D eigenvalue weighted by atomic mass is 32.2. The van der Waals surface area contributed by atoms with Gasteiger partial charge >= 0.3 is 0 Å². The normalized spacial score (nSPS) is 37.6. The van der Waals surface area contributed by atoms with Crippen LogP contribution in [0.3, 0.4) is 0 Å². The molecule has 1 unspecified atom stereocenters. The third-order valence-corrected chi connectivity index (χ3v) is 3.41. The van der Waals surface area contributed by atoms with Gasteiger partial charge < -0.3 is 10.1 Å². The standard InChI is InChI=1S/C7H11NO2S/c9-6-3-10-7(4-8-6)1-2-11-5-7/h1-5H2,(H,8,9). The number of thioether (sulfide) groups is 1. The lowest BCUT2D eigenvalue weighted by molar-refractivity contribution is -0.140. The SMILES string of the molecule is O=C1COC2(CCSC2)CN1. The molecular formula is C7H11NO2S. The highest BCUT2D eigenvalue weighted by Gasteiger charge is 2.38. The molecule has 4 heteroatoms. The Kier molecular flexibility index (Phi) is 1.81. The highest BCUT2D eigenvalue weighted by molar-refractivity contribution is 7.99. The summed E-state index contributed by atoms with van der Waals surface area (Å²) in [5.74, 6) is 2.22. The van der Waals surface area contributed by atoms with Crippen molar-refractivity contribution in [1.29, 1.82) is 0 Å². The largest absolute Gasteiger partial charge is 0.362 e. The zero-order valence-electron chi connectivity index (χ0n) is 6.26. The van der Waals surface area contributed by atoms with E-state index in [2.05, 4.69) is 5.32 Å². The number of carbonyl (C=O) groups excluding carboxylic acids is 1. The van der Waals surface area contributed by atoms with Crippen LogP contribution in [0.15, 0.2) is 0 Å². The summed E-state index contributed by atoms with van der Waals surface area (Å²) in [4.78, 5) is 10.8. The molecule has 3 nitrogen and oxygen atoms in total. The molecule has 0 aromatic rings. The molecule has 2 heterocycles. The first-order chi connectivity index (χ1) is 5.31. The molecule has 2 aliphatic heterocycles. The van der Waals surface area contributed by atoms with Gasteiger partial charge in [-0.2, -0.15) is 11.8 Å². The van der Waals surface area contributed by atoms with E-state index in [1.54, 1.807) is 0 Å². The number of amides is 1. The summed E-state index contributed by atoms with van der Waals surface area (Å²) in [6, 6.07) is 0. The second-order valence-electron chi connectivity index (χ2n) is 3.05. The van der Waals surface area contributed by atoms with E-state index in [4.69, 9.17) is 4.74 Å². The van der Waals surface area contributed by atoms with Gasteiger partial charge in [0.05, 0.1) is 5.60 Å². The Morgan fingerprint density at radius 1 is 1.64 bits per heavy atom. The average Bonchev–Trinajstić information content (AvgIpc) is 2.45. The number of nitrogens with one attached hydrogen (secondary N) is 1. The Balaban J connectivity index is 1.99. The summed E-state index contributed by atoms with van der Waals surface area (Å²) < 4.78 is 5.51. The molecule has 2 saturated heterocycles. The Morgan fingerprint density at radius 2 is 2.55 bits per heavy atom. The fraction of sp³-hybridized carbons (Fsp3) is 0.857. The summed E-state index contributed by atoms with van der Waals surface area (Å²) >= 11 is 1.90. The van der Waals surface area contributed by atoms with Gasteiger partial charge in [-0.1, -0.05) is 0 Å². The highest BCUT2D eigenvalue weighted by Crippen LogP contribution is 2.31. The van der Waals surface area contributed by atoms with Gasteiger partial charge in [-0.25, -0.2) is 0 Å². The van der Waals surface area contributed by atoms with E-state index in [1.165, 1.54) is 0 Å². The molecule has 0 bridgehead atoms. The van der Waals surface area contributed by atoms with Crippen molar-refractivity contribution in [2.75, 3.05) is 24.7 Å². The van der Waals surface area contributed by atoms with Crippen LogP contribution in [-0.2, 0) is 9.53 Å². The van der Waals surface area contributed by atoms with Crippen LogP contribution >= 0.6 is 11.8 Å². The first kappa shape index (κ1) is 7.43. The number of carbonyl (C=O) groups is 1. The smallest absolute Gasteiger partial charge is 0.246 e. The van der Waals surface area contributed by atoms with Crippen molar-refractivity contribution in [3.05, 3.63) is 0 Å². The molecule has 1 N–H and O–H groups in total. The van der Waals surface area contributed by atoms with Crippen molar-refractivity contribution in [1.82, 2.24) is 5.32 Å². The van der Waals surface area contributed by atoms with Gasteiger partial charge in [0.1, 0.15) is 6.61 Å². The van der Waals surface area contributed by atoms with Crippen molar-refractivity contribution in [2.45, 2.75) is 12.0 Å². The second kappa shape index (κ2) is 2.68. The van der Waals surface area contributed by atoms with Gasteiger partial charge in [0.15, 0.2) is 0 Å². The summed E-state index contributed by atoms with van der Waals surface area (Å²) in [6.07, 6.45) is 1.08. The molecule has 11 heavy (non-hydrogen) atoms. The Hall–Kier alpha value is -0.220. The van der Waals surface area contributed by atoms with Crippen LogP contribution in [0, 0.1) is 0 Å². The van der Waals surface area contributed by atoms with Crippen LogP contribution in [0.5, 0.6) is 0 Å². The maximum Gasteiger partial charge on any atom is 0.246 e. The lowest BCUT2D eigenvalue weighted by Gasteiger charge is -2.32. The third kappa shape index (κ3) is 1.37. The number of hydrogen-bond acceptors (Lipinski definition) is 3. The lowest BCUT2D eigenvalue weighted by atomic mass is 10.0. The average molecular weight is 173 g/mol. The predicted molar refractivity (Wildman–Crippen MR) is 43.6 cm³/mol. The monoisotopic (exact) mass is 173 g/mol. The van der Waals surface area contributed by atoms with Crippen LogP contribution in [0.4, 0.5) is 0 Å². The number of morpholine rings is 1. The van der Waals surface area contributed by atoms with Crippen molar-refractivity contribution in [3.63, 3.8) is 0 Å². The molecule has 1 amide bonds. The molecule has 1 spiro atoms. The predicted octanol–water partition coefficient (Wildman–Crippen LogP) is 0.00850. The van der Waals surface area contributed by atoms with Crippen LogP contribution < -0.4 is 5.32 Å². The summed E-state index contributed by atoms with van der Waals surface area (Å²) in [5, 5.41) is 2.84. The van der Waals surface area contributed by atoms with Crippen molar-refractivity contribution < 1.29 is 9.53 Å². The minimum absolute atomic E-state index is 0.0153. The topological polar surface area (TPSA) is 38.3 Å². The Bertz CT molecular complexity index is 165. The van der Waals surface area contributed by atoms with Gasteiger partial charge in [0, 0.05) is 12.3 Å². The zero-order valence-corrected chi connectivity index (χ0v) is 7.08. The molecule has 0 aromatic heterocycles. The molecule has 0 radical (unpaired) electrons. The van der Waals surface area contributed by atoms with Gasteiger partial charge in [-0.05, 0) is 12.2 Å². The molecular weight excluding hydrogens is 162 g/mol. The fourth-order valence-corrected chi connectivity index (χ4v) is 2.78. The first-order valence-corrected chi connectivity index (χ1v) is 4.95. The van der Waals surface area contributed by atoms with E-state index in [1.807, 2.05) is 11.8 Å². The maximum absolute atomic E-state index is 10.8. The van der Waals surface area contributed by atoms with Gasteiger partial charge in [0.25, 0.3) is 0 Å². The van der Waals surface area contributed by atoms with Crippen LogP contribution in [-0.4, -0.2) is 36.2 Å². The molecule has 0 aliphatic carbocycles. The van der Waals surface area contributed by atoms with Crippen LogP contribution in [0.1, 0.15) is 6.42 Å². The van der Waals surface area contributed by atoms with E-state index >= 15 is 0 Å². The number of hydrogen-bond donors (Lipinski definition) is 1. The van der Waals surface area contributed by atoms with E-state index in [-0.39, 0.29) is 18.1 Å². The fourth-order valence-electron chi connectivity index (χ4n) is 1.42. The first-order valence-electron chi connectivity index (χ1n) is 3.79. The van der Waals surface area contributed by atoms with Crippen molar-refractivity contribution >= 4 is 17.7 Å². The Labute approximate surface area is 69.9 Å². The van der Waals surface area contributed by atoms with E-state index < -0.39 is 0 Å². The molecule has 2 rings (SSSR count). The lowest BCUT2D eigenvalue weighted by Crippen LogP contribution is -2.52. The summed E-state index contributed by atoms with van der Waals surface area (Å²) in [7, 11) is 0. The van der Waals surface area contributed by atoms with Crippen LogP contribution in [0.2, 0.25) is 0 Å². The van der Waals surface area contributed by atoms with Gasteiger partial charge in [-0.15, -0.1) is 0 Å². The molecule has 0 saturated carbocycles.